The molecule has 0 spiro atoms. The van der Waals surface area contributed by atoms with Gasteiger partial charge in [0.15, 0.2) is 5.69 Å². The number of nitrogens with zero attached hydrogens (tertiary/aromatic N) is 3. The van der Waals surface area contributed by atoms with Crippen LogP contribution < -0.4 is 15.4 Å². The molecule has 1 unspecified atom stereocenters. The normalized spacial score (nSPS) is 16.3. The molecule has 27 heavy (non-hydrogen) atoms. The number of hydrogen-bond donors (Lipinski definition) is 3. The van der Waals surface area contributed by atoms with E-state index in [9.17, 15) is 9.90 Å². The van der Waals surface area contributed by atoms with Gasteiger partial charge in [-0.1, -0.05) is 17.3 Å². The Balaban J connectivity index is 1.55. The summed E-state index contributed by atoms with van der Waals surface area (Å²) in [5.74, 6) is 0.349. The monoisotopic (exact) mass is 373 g/mol. The van der Waals surface area contributed by atoms with Gasteiger partial charge >= 0.3 is 0 Å². The van der Waals surface area contributed by atoms with E-state index in [0.29, 0.717) is 11.3 Å². The number of benzene rings is 1. The predicted octanol–water partition coefficient (Wildman–Crippen LogP) is 1.45. The Bertz CT molecular complexity index is 755. The Kier molecular flexibility index (Phi) is 6.41. The summed E-state index contributed by atoms with van der Waals surface area (Å²) in [6, 6.07) is 7.52. The highest BCUT2D eigenvalue weighted by Crippen LogP contribution is 2.20. The minimum atomic E-state index is -0.830. The number of carbonyl (C=O) groups excluding carboxylic acids is 1. The third-order valence-corrected chi connectivity index (χ3v) is 4.50. The van der Waals surface area contributed by atoms with Gasteiger partial charge in [0, 0.05) is 6.54 Å². The van der Waals surface area contributed by atoms with E-state index in [1.807, 2.05) is 26.0 Å². The molecule has 1 amide bonds. The van der Waals surface area contributed by atoms with Gasteiger partial charge in [-0.05, 0) is 57.5 Å². The maximum atomic E-state index is 12.3. The molecule has 1 aromatic carbocycles. The zero-order valence-corrected chi connectivity index (χ0v) is 15.8. The average Bonchev–Trinajstić information content (AvgIpc) is 3.16. The first kappa shape index (κ1) is 19.3. The summed E-state index contributed by atoms with van der Waals surface area (Å²) in [6.07, 6.45) is 2.84. The van der Waals surface area contributed by atoms with Crippen LogP contribution in [0, 0.1) is 0 Å². The van der Waals surface area contributed by atoms with Gasteiger partial charge in [-0.3, -0.25) is 4.79 Å². The van der Waals surface area contributed by atoms with Crippen LogP contribution in [0.25, 0.3) is 0 Å². The topological polar surface area (TPSA) is 101 Å². The van der Waals surface area contributed by atoms with Crippen LogP contribution in [0.4, 0.5) is 0 Å². The van der Waals surface area contributed by atoms with E-state index in [2.05, 4.69) is 20.9 Å². The van der Waals surface area contributed by atoms with E-state index >= 15 is 0 Å². The molecule has 1 aliphatic rings. The molecule has 3 N–H and O–H groups in total. The van der Waals surface area contributed by atoms with Crippen molar-refractivity contribution in [2.75, 3.05) is 19.6 Å². The molecule has 0 aliphatic carbocycles. The molecule has 2 heterocycles. The van der Waals surface area contributed by atoms with Crippen LogP contribution >= 0.6 is 0 Å². The SMILES string of the molecule is CC(C)Oc1cccc(C(O)CNC(=O)c2cn(C3CCNCC3)nn2)c1. The first-order valence-corrected chi connectivity index (χ1v) is 9.38. The first-order valence-electron chi connectivity index (χ1n) is 9.38. The predicted molar refractivity (Wildman–Crippen MR) is 101 cm³/mol. The minimum absolute atomic E-state index is 0.0552. The molecule has 146 valence electrons. The van der Waals surface area contributed by atoms with Crippen LogP contribution in [0.5, 0.6) is 5.75 Å². The number of rotatable bonds is 7. The molecular formula is C19H27N5O3. The fourth-order valence-corrected chi connectivity index (χ4v) is 3.10. The maximum absolute atomic E-state index is 12.3. The highest BCUT2D eigenvalue weighted by molar-refractivity contribution is 5.91. The fourth-order valence-electron chi connectivity index (χ4n) is 3.10. The van der Waals surface area contributed by atoms with Gasteiger partial charge in [-0.2, -0.15) is 0 Å². The Morgan fingerprint density at radius 1 is 1.41 bits per heavy atom. The molecule has 8 nitrogen and oxygen atoms in total. The number of carbonyl (C=O) groups is 1. The number of aliphatic hydroxyl groups is 1. The molecule has 0 bridgehead atoms. The lowest BCUT2D eigenvalue weighted by Gasteiger charge is -2.22. The number of aromatic nitrogens is 3. The second-order valence-corrected chi connectivity index (χ2v) is 7.03. The van der Waals surface area contributed by atoms with Gasteiger partial charge in [-0.15, -0.1) is 5.10 Å². The summed E-state index contributed by atoms with van der Waals surface area (Å²) in [7, 11) is 0. The first-order chi connectivity index (χ1) is 13.0. The Morgan fingerprint density at radius 2 is 2.19 bits per heavy atom. The number of hydrogen-bond acceptors (Lipinski definition) is 6. The summed E-state index contributed by atoms with van der Waals surface area (Å²) in [4.78, 5) is 12.3. The van der Waals surface area contributed by atoms with Crippen molar-refractivity contribution in [2.45, 2.75) is 44.9 Å². The summed E-state index contributed by atoms with van der Waals surface area (Å²) in [5, 5.41) is 24.4. The van der Waals surface area contributed by atoms with Gasteiger partial charge in [0.2, 0.25) is 0 Å². The van der Waals surface area contributed by atoms with Crippen molar-refractivity contribution in [3.63, 3.8) is 0 Å². The summed E-state index contributed by atoms with van der Waals surface area (Å²) in [5.41, 5.74) is 0.949. The molecule has 0 radical (unpaired) electrons. The zero-order valence-electron chi connectivity index (χ0n) is 15.8. The van der Waals surface area contributed by atoms with Crippen LogP contribution in [-0.2, 0) is 0 Å². The Labute approximate surface area is 158 Å². The molecule has 1 fully saturated rings. The number of nitrogens with one attached hydrogen (secondary N) is 2. The highest BCUT2D eigenvalue weighted by atomic mass is 16.5. The average molecular weight is 373 g/mol. The summed E-state index contributed by atoms with van der Waals surface area (Å²) >= 11 is 0. The van der Waals surface area contributed by atoms with Crippen LogP contribution in [0.2, 0.25) is 0 Å². The molecule has 1 saturated heterocycles. The lowest BCUT2D eigenvalue weighted by Crippen LogP contribution is -2.30. The second kappa shape index (κ2) is 8.96. The van der Waals surface area contributed by atoms with Crippen LogP contribution in [0.3, 0.4) is 0 Å². The van der Waals surface area contributed by atoms with E-state index in [4.69, 9.17) is 4.74 Å². The van der Waals surface area contributed by atoms with Gasteiger partial charge < -0.3 is 20.5 Å². The van der Waals surface area contributed by atoms with Crippen LogP contribution in [0.15, 0.2) is 30.5 Å². The van der Waals surface area contributed by atoms with Crippen molar-refractivity contribution in [2.24, 2.45) is 0 Å². The molecule has 2 aromatic rings. The molecular weight excluding hydrogens is 346 g/mol. The molecule has 1 aromatic heterocycles. The van der Waals surface area contributed by atoms with Gasteiger partial charge in [0.05, 0.1) is 24.4 Å². The third kappa shape index (κ3) is 5.27. The van der Waals surface area contributed by atoms with E-state index in [1.165, 1.54) is 0 Å². The van der Waals surface area contributed by atoms with Gasteiger partial charge in [0.25, 0.3) is 5.91 Å². The van der Waals surface area contributed by atoms with E-state index in [1.54, 1.807) is 23.0 Å². The van der Waals surface area contributed by atoms with Gasteiger partial charge in [-0.25, -0.2) is 4.68 Å². The quantitative estimate of drug-likeness (QED) is 0.679. The minimum Gasteiger partial charge on any atom is -0.491 e. The van der Waals surface area contributed by atoms with E-state index < -0.39 is 6.10 Å². The van der Waals surface area contributed by atoms with Crippen molar-refractivity contribution in [3.05, 3.63) is 41.7 Å². The van der Waals surface area contributed by atoms with Crippen molar-refractivity contribution >= 4 is 5.91 Å². The molecule has 1 atom stereocenters. The standard InChI is InChI=1S/C19H27N5O3/c1-13(2)27-16-5-3-4-14(10-16)18(25)11-21-19(26)17-12-24(23-22-17)15-6-8-20-9-7-15/h3-5,10,12-13,15,18,20,25H,6-9,11H2,1-2H3,(H,21,26). The van der Waals surface area contributed by atoms with Crippen molar-refractivity contribution in [1.82, 2.24) is 25.6 Å². The zero-order chi connectivity index (χ0) is 19.2. The van der Waals surface area contributed by atoms with Gasteiger partial charge in [0.1, 0.15) is 5.75 Å². The third-order valence-electron chi connectivity index (χ3n) is 4.50. The van der Waals surface area contributed by atoms with E-state index in [-0.39, 0.29) is 30.3 Å². The largest absolute Gasteiger partial charge is 0.491 e. The lowest BCUT2D eigenvalue weighted by atomic mass is 10.1. The molecule has 0 saturated carbocycles. The highest BCUT2D eigenvalue weighted by Gasteiger charge is 2.19. The second-order valence-electron chi connectivity index (χ2n) is 7.03. The number of amides is 1. The Morgan fingerprint density at radius 3 is 2.93 bits per heavy atom. The number of ether oxygens (including phenoxy) is 1. The molecule has 3 rings (SSSR count). The number of piperidine rings is 1. The van der Waals surface area contributed by atoms with Crippen molar-refractivity contribution in [3.8, 4) is 5.75 Å². The summed E-state index contributed by atoms with van der Waals surface area (Å²) < 4.78 is 7.40. The fraction of sp³-hybridized carbons (Fsp3) is 0.526. The Hall–Kier alpha value is -2.45. The van der Waals surface area contributed by atoms with Crippen molar-refractivity contribution in [1.29, 1.82) is 0 Å². The molecule has 1 aliphatic heterocycles. The maximum Gasteiger partial charge on any atom is 0.273 e. The van der Waals surface area contributed by atoms with E-state index in [0.717, 1.165) is 25.9 Å². The van der Waals surface area contributed by atoms with Crippen LogP contribution in [0.1, 0.15) is 54.9 Å². The molecule has 8 heteroatoms. The van der Waals surface area contributed by atoms with Crippen LogP contribution in [-0.4, -0.2) is 51.7 Å². The number of aliphatic hydroxyl groups excluding tert-OH is 1. The van der Waals surface area contributed by atoms with Crippen molar-refractivity contribution < 1.29 is 14.6 Å². The summed E-state index contributed by atoms with van der Waals surface area (Å²) in [6.45, 7) is 5.86. The smallest absolute Gasteiger partial charge is 0.273 e. The lowest BCUT2D eigenvalue weighted by molar-refractivity contribution is 0.0911.